The van der Waals surface area contributed by atoms with Gasteiger partial charge in [0.2, 0.25) is 0 Å². The molecule has 6 nitrogen and oxygen atoms in total. The van der Waals surface area contributed by atoms with Gasteiger partial charge in [-0.15, -0.1) is 24.0 Å². The molecule has 3 rings (SSSR count). The topological polar surface area (TPSA) is 57.5 Å². The first-order chi connectivity index (χ1) is 13.4. The number of anilines is 1. The van der Waals surface area contributed by atoms with Gasteiger partial charge < -0.3 is 15.5 Å². The second-order valence-corrected chi connectivity index (χ2v) is 8.16. The average Bonchev–Trinajstić information content (AvgIpc) is 3.25. The molecule has 160 valence electrons. The molecule has 1 aromatic carbocycles. The normalized spacial score (nSPS) is 17.8. The molecule has 1 aromatic heterocycles. The van der Waals surface area contributed by atoms with E-state index in [1.165, 1.54) is 11.4 Å². The van der Waals surface area contributed by atoms with Crippen LogP contribution in [0.1, 0.15) is 24.7 Å². The Balaban J connectivity index is 0.00000300. The smallest absolute Gasteiger partial charge is 0.191 e. The second kappa shape index (κ2) is 11.1. The Labute approximate surface area is 196 Å². The maximum Gasteiger partial charge on any atom is 0.191 e. The summed E-state index contributed by atoms with van der Waals surface area (Å²) in [6, 6.07) is 10.5. The van der Waals surface area contributed by atoms with Crippen molar-refractivity contribution in [3.05, 3.63) is 46.7 Å². The highest BCUT2D eigenvalue weighted by Gasteiger charge is 2.23. The summed E-state index contributed by atoms with van der Waals surface area (Å²) in [7, 11) is 1.82. The number of rotatable bonds is 6. The molecule has 0 amide bonds. The van der Waals surface area contributed by atoms with Crippen molar-refractivity contribution >= 4 is 47.2 Å². The third kappa shape index (κ3) is 6.77. The average molecular weight is 531 g/mol. The lowest BCUT2D eigenvalue weighted by molar-refractivity contribution is 0.435. The SMILES string of the molecule is CN=C(NCC(C)Cn1nc(C)cc1C)NC1CCN(c2cccc(Cl)c2)C1.I. The molecule has 2 aromatic rings. The van der Waals surface area contributed by atoms with Crippen molar-refractivity contribution in [2.75, 3.05) is 31.6 Å². The number of benzene rings is 1. The highest BCUT2D eigenvalue weighted by Crippen LogP contribution is 2.23. The zero-order valence-electron chi connectivity index (χ0n) is 17.7. The Morgan fingerprint density at radius 3 is 2.79 bits per heavy atom. The van der Waals surface area contributed by atoms with Gasteiger partial charge in [-0.3, -0.25) is 9.67 Å². The van der Waals surface area contributed by atoms with Gasteiger partial charge in [0.15, 0.2) is 5.96 Å². The number of nitrogens with zero attached hydrogens (tertiary/aromatic N) is 4. The van der Waals surface area contributed by atoms with E-state index in [0.717, 1.165) is 49.3 Å². The minimum atomic E-state index is 0. The van der Waals surface area contributed by atoms with E-state index in [9.17, 15) is 0 Å². The lowest BCUT2D eigenvalue weighted by Crippen LogP contribution is -2.46. The number of nitrogens with one attached hydrogen (secondary N) is 2. The van der Waals surface area contributed by atoms with Crippen LogP contribution in [0.15, 0.2) is 35.3 Å². The van der Waals surface area contributed by atoms with Gasteiger partial charge in [-0.2, -0.15) is 5.10 Å². The molecule has 0 spiro atoms. The number of hydrogen-bond donors (Lipinski definition) is 2. The van der Waals surface area contributed by atoms with E-state index in [4.69, 9.17) is 11.6 Å². The molecule has 1 aliphatic heterocycles. The molecule has 0 saturated carbocycles. The van der Waals surface area contributed by atoms with Gasteiger partial charge in [-0.05, 0) is 50.5 Å². The first kappa shape index (κ1) is 23.8. The number of aliphatic imine (C=N–C) groups is 1. The van der Waals surface area contributed by atoms with Crippen molar-refractivity contribution in [2.24, 2.45) is 10.9 Å². The summed E-state index contributed by atoms with van der Waals surface area (Å²) >= 11 is 6.13. The maximum absolute atomic E-state index is 6.13. The molecule has 1 fully saturated rings. The maximum atomic E-state index is 6.13. The van der Waals surface area contributed by atoms with Crippen molar-refractivity contribution in [1.82, 2.24) is 20.4 Å². The third-order valence-electron chi connectivity index (χ3n) is 5.13. The first-order valence-corrected chi connectivity index (χ1v) is 10.3. The predicted octanol–water partition coefficient (Wildman–Crippen LogP) is 3.85. The van der Waals surface area contributed by atoms with Crippen LogP contribution in [-0.2, 0) is 6.54 Å². The fourth-order valence-electron chi connectivity index (χ4n) is 3.66. The fraction of sp³-hybridized carbons (Fsp3) is 0.524. The van der Waals surface area contributed by atoms with Crippen LogP contribution >= 0.6 is 35.6 Å². The molecular weight excluding hydrogens is 499 g/mol. The summed E-state index contributed by atoms with van der Waals surface area (Å²) < 4.78 is 2.08. The van der Waals surface area contributed by atoms with Gasteiger partial charge in [0.25, 0.3) is 0 Å². The molecule has 2 heterocycles. The number of hydrogen-bond acceptors (Lipinski definition) is 3. The molecule has 2 N–H and O–H groups in total. The van der Waals surface area contributed by atoms with Gasteiger partial charge in [0.05, 0.1) is 5.69 Å². The third-order valence-corrected chi connectivity index (χ3v) is 5.37. The summed E-state index contributed by atoms with van der Waals surface area (Å²) in [6.45, 7) is 10.1. The van der Waals surface area contributed by atoms with Crippen molar-refractivity contribution in [3.8, 4) is 0 Å². The van der Waals surface area contributed by atoms with Crippen LogP contribution in [0.2, 0.25) is 5.02 Å². The number of aryl methyl sites for hydroxylation is 2. The first-order valence-electron chi connectivity index (χ1n) is 9.93. The van der Waals surface area contributed by atoms with E-state index >= 15 is 0 Å². The predicted molar refractivity (Wildman–Crippen MR) is 133 cm³/mol. The van der Waals surface area contributed by atoms with E-state index in [2.05, 4.69) is 56.3 Å². The molecule has 0 radical (unpaired) electrons. The highest BCUT2D eigenvalue weighted by molar-refractivity contribution is 14.0. The minimum absolute atomic E-state index is 0. The summed E-state index contributed by atoms with van der Waals surface area (Å²) in [5.41, 5.74) is 3.46. The van der Waals surface area contributed by atoms with E-state index in [0.29, 0.717) is 12.0 Å². The monoisotopic (exact) mass is 530 g/mol. The summed E-state index contributed by atoms with van der Waals surface area (Å²) in [4.78, 5) is 6.76. The lowest BCUT2D eigenvalue weighted by atomic mass is 10.2. The molecule has 0 bridgehead atoms. The van der Waals surface area contributed by atoms with E-state index in [1.54, 1.807) is 0 Å². The summed E-state index contributed by atoms with van der Waals surface area (Å²) in [5.74, 6) is 1.31. The quantitative estimate of drug-likeness (QED) is 0.338. The van der Waals surface area contributed by atoms with Crippen LogP contribution in [-0.4, -0.2) is 48.5 Å². The van der Waals surface area contributed by atoms with Crippen LogP contribution in [0.4, 0.5) is 5.69 Å². The lowest BCUT2D eigenvalue weighted by Gasteiger charge is -2.21. The van der Waals surface area contributed by atoms with Crippen LogP contribution in [0.25, 0.3) is 0 Å². The van der Waals surface area contributed by atoms with Crippen molar-refractivity contribution in [2.45, 2.75) is 39.8 Å². The fourth-order valence-corrected chi connectivity index (χ4v) is 3.85. The molecule has 29 heavy (non-hydrogen) atoms. The molecule has 2 atom stereocenters. The molecule has 0 aliphatic carbocycles. The Hall–Kier alpha value is -1.48. The van der Waals surface area contributed by atoms with Gasteiger partial charge in [-0.25, -0.2) is 0 Å². The molecule has 1 aliphatic rings. The Morgan fingerprint density at radius 2 is 2.14 bits per heavy atom. The van der Waals surface area contributed by atoms with E-state index in [1.807, 2.05) is 32.2 Å². The zero-order chi connectivity index (χ0) is 20.1. The second-order valence-electron chi connectivity index (χ2n) is 7.72. The van der Waals surface area contributed by atoms with Crippen molar-refractivity contribution in [1.29, 1.82) is 0 Å². The Kier molecular flexibility index (Phi) is 9.07. The van der Waals surface area contributed by atoms with Crippen LogP contribution in [0.5, 0.6) is 0 Å². The van der Waals surface area contributed by atoms with Crippen LogP contribution in [0, 0.1) is 19.8 Å². The van der Waals surface area contributed by atoms with E-state index < -0.39 is 0 Å². The van der Waals surface area contributed by atoms with Gasteiger partial charge in [-0.1, -0.05) is 24.6 Å². The number of guanidine groups is 1. The zero-order valence-corrected chi connectivity index (χ0v) is 20.7. The molecule has 1 saturated heterocycles. The summed E-state index contributed by atoms with van der Waals surface area (Å²) in [6.07, 6.45) is 1.08. The number of aromatic nitrogens is 2. The summed E-state index contributed by atoms with van der Waals surface area (Å²) in [5, 5.41) is 12.4. The van der Waals surface area contributed by atoms with Gasteiger partial charge >= 0.3 is 0 Å². The van der Waals surface area contributed by atoms with Crippen LogP contribution < -0.4 is 15.5 Å². The van der Waals surface area contributed by atoms with Crippen molar-refractivity contribution in [3.63, 3.8) is 0 Å². The van der Waals surface area contributed by atoms with Crippen LogP contribution in [0.3, 0.4) is 0 Å². The minimum Gasteiger partial charge on any atom is -0.369 e. The van der Waals surface area contributed by atoms with Gasteiger partial charge in [0.1, 0.15) is 0 Å². The Morgan fingerprint density at radius 1 is 1.34 bits per heavy atom. The van der Waals surface area contributed by atoms with E-state index in [-0.39, 0.29) is 24.0 Å². The standard InChI is InChI=1S/C21H31ClN6.HI/c1-15(13-28-17(3)10-16(2)26-28)12-24-21(23-4)25-19-8-9-27(14-19)20-7-5-6-18(22)11-20;/h5-7,10-11,15,19H,8-9,12-14H2,1-4H3,(H2,23,24,25);1H. The molecule has 2 unspecified atom stereocenters. The molecule has 8 heteroatoms. The van der Waals surface area contributed by atoms with Gasteiger partial charge in [0, 0.05) is 55.7 Å². The number of halogens is 2. The Bertz CT molecular complexity index is 821. The molecular formula is C21H32ClIN6. The van der Waals surface area contributed by atoms with Crippen molar-refractivity contribution < 1.29 is 0 Å². The highest BCUT2D eigenvalue weighted by atomic mass is 127. The largest absolute Gasteiger partial charge is 0.369 e.